The van der Waals surface area contributed by atoms with E-state index in [1.54, 1.807) is 24.4 Å². The largest absolute Gasteiger partial charge is 0.496 e. The van der Waals surface area contributed by atoms with Crippen molar-refractivity contribution in [3.05, 3.63) is 72.8 Å². The Morgan fingerprint density at radius 3 is 2.42 bits per heavy atom. The molecule has 2 N–H and O–H groups in total. The molecule has 8 nitrogen and oxygen atoms in total. The second kappa shape index (κ2) is 7.98. The first-order valence-electron chi connectivity index (χ1n) is 10.1. The van der Waals surface area contributed by atoms with Gasteiger partial charge in [0.15, 0.2) is 0 Å². The van der Waals surface area contributed by atoms with Crippen LogP contribution in [0.1, 0.15) is 5.56 Å². The molecule has 8 heteroatoms. The average molecular weight is 414 g/mol. The standard InChI is InChI=1S/C23H22N6O2/c1-31-22-10-19(6-7-21(22)18-13-26-27-14-18)29-9-8-28(23(29)30)15-16-4-2-3-5-20(16)17-11-24-25-12-17/h2-7,10-14H,8-9,15H2,1H3,(H,24,25)(H,26,27). The maximum atomic E-state index is 13.2. The topological polar surface area (TPSA) is 90.1 Å². The number of carbonyl (C=O) groups is 1. The van der Waals surface area contributed by atoms with Gasteiger partial charge >= 0.3 is 6.03 Å². The number of rotatable bonds is 6. The van der Waals surface area contributed by atoms with Crippen molar-refractivity contribution in [3.8, 4) is 28.0 Å². The number of methoxy groups -OCH3 is 1. The molecule has 2 amide bonds. The number of amides is 2. The van der Waals surface area contributed by atoms with Gasteiger partial charge in [-0.05, 0) is 23.3 Å². The lowest BCUT2D eigenvalue weighted by Gasteiger charge is -2.21. The summed E-state index contributed by atoms with van der Waals surface area (Å²) < 4.78 is 5.58. The summed E-state index contributed by atoms with van der Waals surface area (Å²) in [7, 11) is 1.63. The molecule has 0 bridgehead atoms. The van der Waals surface area contributed by atoms with Gasteiger partial charge in [-0.1, -0.05) is 24.3 Å². The van der Waals surface area contributed by atoms with Crippen molar-refractivity contribution >= 4 is 11.7 Å². The van der Waals surface area contributed by atoms with Crippen LogP contribution in [0.3, 0.4) is 0 Å². The number of urea groups is 1. The van der Waals surface area contributed by atoms with Gasteiger partial charge in [0.05, 0.1) is 19.5 Å². The van der Waals surface area contributed by atoms with Crippen LogP contribution >= 0.6 is 0 Å². The normalized spacial score (nSPS) is 13.8. The van der Waals surface area contributed by atoms with Crippen molar-refractivity contribution in [1.82, 2.24) is 25.3 Å². The maximum absolute atomic E-state index is 13.2. The summed E-state index contributed by atoms with van der Waals surface area (Å²) in [5.74, 6) is 0.704. The zero-order valence-electron chi connectivity index (χ0n) is 17.1. The summed E-state index contributed by atoms with van der Waals surface area (Å²) in [4.78, 5) is 16.9. The second-order valence-electron chi connectivity index (χ2n) is 7.37. The van der Waals surface area contributed by atoms with Gasteiger partial charge in [0.2, 0.25) is 0 Å². The van der Waals surface area contributed by atoms with Crippen LogP contribution in [0.5, 0.6) is 5.75 Å². The van der Waals surface area contributed by atoms with Crippen LogP contribution < -0.4 is 9.64 Å². The van der Waals surface area contributed by atoms with Gasteiger partial charge in [0.25, 0.3) is 0 Å². The average Bonchev–Trinajstić information content (AvgIpc) is 3.57. The number of aromatic nitrogens is 4. The van der Waals surface area contributed by atoms with E-state index in [4.69, 9.17) is 4.74 Å². The molecule has 1 aliphatic rings. The van der Waals surface area contributed by atoms with Crippen LogP contribution in [0.25, 0.3) is 22.3 Å². The van der Waals surface area contributed by atoms with Crippen LogP contribution in [0.15, 0.2) is 67.3 Å². The second-order valence-corrected chi connectivity index (χ2v) is 7.37. The first kappa shape index (κ1) is 18.9. The Bertz CT molecular complexity index is 1190. The Morgan fingerprint density at radius 2 is 1.71 bits per heavy atom. The van der Waals surface area contributed by atoms with Crippen LogP contribution in [-0.4, -0.2) is 51.5 Å². The minimum Gasteiger partial charge on any atom is -0.496 e. The van der Waals surface area contributed by atoms with E-state index in [0.29, 0.717) is 25.4 Å². The molecular formula is C23H22N6O2. The Labute approximate surface area is 179 Å². The van der Waals surface area contributed by atoms with E-state index in [-0.39, 0.29) is 6.03 Å². The van der Waals surface area contributed by atoms with Gasteiger partial charge in [-0.2, -0.15) is 10.2 Å². The lowest BCUT2D eigenvalue weighted by Crippen LogP contribution is -2.31. The number of benzene rings is 2. The van der Waals surface area contributed by atoms with Gasteiger partial charge in [-0.15, -0.1) is 0 Å². The summed E-state index contributed by atoms with van der Waals surface area (Å²) in [6.45, 7) is 1.83. The van der Waals surface area contributed by atoms with E-state index in [2.05, 4.69) is 32.5 Å². The molecule has 3 heterocycles. The molecule has 0 unspecified atom stereocenters. The van der Waals surface area contributed by atoms with Gasteiger partial charge in [-0.25, -0.2) is 4.79 Å². The molecule has 0 saturated carbocycles. The van der Waals surface area contributed by atoms with Gasteiger partial charge in [0, 0.05) is 60.5 Å². The van der Waals surface area contributed by atoms with E-state index >= 15 is 0 Å². The zero-order valence-corrected chi connectivity index (χ0v) is 17.1. The fourth-order valence-electron chi connectivity index (χ4n) is 4.00. The third-order valence-corrected chi connectivity index (χ3v) is 5.59. The highest BCUT2D eigenvalue weighted by molar-refractivity contribution is 5.95. The van der Waals surface area contributed by atoms with E-state index in [0.717, 1.165) is 33.5 Å². The summed E-state index contributed by atoms with van der Waals surface area (Å²) >= 11 is 0. The molecule has 1 aliphatic heterocycles. The predicted octanol–water partition coefficient (Wildman–Crippen LogP) is 3.92. The molecule has 0 atom stereocenters. The summed E-state index contributed by atoms with van der Waals surface area (Å²) in [5.41, 5.74) is 5.87. The Morgan fingerprint density at radius 1 is 0.968 bits per heavy atom. The van der Waals surface area contributed by atoms with E-state index in [1.165, 1.54) is 0 Å². The van der Waals surface area contributed by atoms with E-state index in [9.17, 15) is 4.79 Å². The molecule has 156 valence electrons. The van der Waals surface area contributed by atoms with Crippen molar-refractivity contribution in [2.24, 2.45) is 0 Å². The van der Waals surface area contributed by atoms with Crippen LogP contribution in [0.4, 0.5) is 10.5 Å². The number of hydrogen-bond donors (Lipinski definition) is 2. The lowest BCUT2D eigenvalue weighted by atomic mass is 10.0. The third-order valence-electron chi connectivity index (χ3n) is 5.59. The van der Waals surface area contributed by atoms with Crippen molar-refractivity contribution in [1.29, 1.82) is 0 Å². The number of ether oxygens (including phenoxy) is 1. The lowest BCUT2D eigenvalue weighted by molar-refractivity contribution is 0.219. The van der Waals surface area contributed by atoms with Crippen molar-refractivity contribution in [2.45, 2.75) is 6.54 Å². The highest BCUT2D eigenvalue weighted by Gasteiger charge is 2.30. The number of nitrogens with zero attached hydrogens (tertiary/aromatic N) is 4. The predicted molar refractivity (Wildman–Crippen MR) is 118 cm³/mol. The molecule has 2 aromatic heterocycles. The number of carbonyl (C=O) groups excluding carboxylic acids is 1. The highest BCUT2D eigenvalue weighted by Crippen LogP contribution is 2.34. The molecule has 0 spiro atoms. The molecule has 5 rings (SSSR count). The molecular weight excluding hydrogens is 392 g/mol. The van der Waals surface area contributed by atoms with Crippen molar-refractivity contribution in [3.63, 3.8) is 0 Å². The van der Waals surface area contributed by atoms with Crippen molar-refractivity contribution < 1.29 is 9.53 Å². The summed E-state index contributed by atoms with van der Waals surface area (Å²) in [6.07, 6.45) is 7.23. The van der Waals surface area contributed by atoms with Gasteiger partial charge in [0.1, 0.15) is 5.75 Å². The summed E-state index contributed by atoms with van der Waals surface area (Å²) in [5, 5.41) is 13.7. The Hall–Kier alpha value is -4.07. The third kappa shape index (κ3) is 3.52. The molecule has 1 saturated heterocycles. The maximum Gasteiger partial charge on any atom is 0.324 e. The quantitative estimate of drug-likeness (QED) is 0.500. The highest BCUT2D eigenvalue weighted by atomic mass is 16.5. The first-order chi connectivity index (χ1) is 15.2. The van der Waals surface area contributed by atoms with Crippen LogP contribution in [0.2, 0.25) is 0 Å². The number of anilines is 1. The Kier molecular flexibility index (Phi) is 4.87. The number of nitrogens with one attached hydrogen (secondary N) is 2. The molecule has 4 aromatic rings. The van der Waals surface area contributed by atoms with Gasteiger partial charge in [-0.3, -0.25) is 15.1 Å². The number of H-pyrrole nitrogens is 2. The minimum atomic E-state index is -0.0138. The van der Waals surface area contributed by atoms with Crippen LogP contribution in [0, 0.1) is 0 Å². The fraction of sp³-hybridized carbons (Fsp3) is 0.174. The number of hydrogen-bond acceptors (Lipinski definition) is 4. The Balaban J connectivity index is 1.38. The SMILES string of the molecule is COc1cc(N2CCN(Cc3ccccc3-c3cn[nH]c3)C2=O)ccc1-c1cn[nH]c1. The number of aromatic amines is 2. The smallest absolute Gasteiger partial charge is 0.324 e. The molecule has 0 aliphatic carbocycles. The monoisotopic (exact) mass is 414 g/mol. The first-order valence-corrected chi connectivity index (χ1v) is 10.1. The van der Waals surface area contributed by atoms with Crippen molar-refractivity contribution in [2.75, 3.05) is 25.1 Å². The minimum absolute atomic E-state index is 0.0138. The molecule has 0 radical (unpaired) electrons. The van der Waals surface area contributed by atoms with Crippen LogP contribution in [-0.2, 0) is 6.54 Å². The van der Waals surface area contributed by atoms with E-state index in [1.807, 2.05) is 47.6 Å². The van der Waals surface area contributed by atoms with Gasteiger partial charge < -0.3 is 9.64 Å². The molecule has 1 fully saturated rings. The van der Waals surface area contributed by atoms with E-state index < -0.39 is 0 Å². The fourth-order valence-corrected chi connectivity index (χ4v) is 4.00. The zero-order chi connectivity index (χ0) is 21.2. The molecule has 31 heavy (non-hydrogen) atoms. The molecule has 2 aromatic carbocycles. The summed E-state index contributed by atoms with van der Waals surface area (Å²) in [6, 6.07) is 13.9.